The second-order valence-corrected chi connectivity index (χ2v) is 43.0. The van der Waals surface area contributed by atoms with Crippen molar-refractivity contribution >= 4 is 35.5 Å². The number of carboxylic acids is 2. The zero-order valence-electron chi connectivity index (χ0n) is 81.9. The highest BCUT2D eigenvalue weighted by Gasteiger charge is 2.63. The molecule has 9 unspecified atom stereocenters. The van der Waals surface area contributed by atoms with Crippen molar-refractivity contribution in [3.63, 3.8) is 0 Å². The largest absolute Gasteiger partial charge is 0.480 e. The van der Waals surface area contributed by atoms with Gasteiger partial charge in [0.1, 0.15) is 12.6 Å². The summed E-state index contributed by atoms with van der Waals surface area (Å²) in [5.41, 5.74) is 25.7. The molecule has 9 atom stereocenters. The van der Waals surface area contributed by atoms with Crippen LogP contribution in [0.2, 0.25) is 0 Å². The van der Waals surface area contributed by atoms with Gasteiger partial charge in [0.05, 0.1) is 18.9 Å². The van der Waals surface area contributed by atoms with Gasteiger partial charge in [-0.2, -0.15) is 0 Å². The highest BCUT2D eigenvalue weighted by atomic mass is 32.2. The van der Waals surface area contributed by atoms with Gasteiger partial charge in [-0.25, -0.2) is 4.79 Å². The number of aryl methyl sites for hydroxylation is 1. The van der Waals surface area contributed by atoms with Gasteiger partial charge in [-0.15, -0.1) is 11.8 Å². The van der Waals surface area contributed by atoms with Gasteiger partial charge in [0.2, 0.25) is 0 Å². The second-order valence-electron chi connectivity index (χ2n) is 41.7. The molecule has 4 heterocycles. The number of hydrogen-bond donors (Lipinski definition) is 5. The van der Waals surface area contributed by atoms with E-state index in [2.05, 4.69) is 327 Å². The van der Waals surface area contributed by atoms with E-state index >= 15 is 0 Å². The third kappa shape index (κ3) is 27.4. The summed E-state index contributed by atoms with van der Waals surface area (Å²) in [5.74, 6) is 12.3. The number of hydrogen-bond acceptors (Lipinski definition) is 9. The smallest absolute Gasteiger partial charge is 0.415 e. The Morgan fingerprint density at radius 3 is 0.942 bits per heavy atom. The van der Waals surface area contributed by atoms with Crippen molar-refractivity contribution in [2.45, 2.75) is 408 Å². The molecule has 2 saturated carbocycles. The number of oxime groups is 1. The lowest BCUT2D eigenvalue weighted by atomic mass is 9.70. The number of carboxylic acid groups (broad SMARTS) is 3. The molecule has 4 aromatic rings. The Kier molecular flexibility index (Phi) is 49.9. The van der Waals surface area contributed by atoms with Gasteiger partial charge < -0.3 is 40.1 Å². The molecule has 15 heteroatoms. The molecule has 120 heavy (non-hydrogen) atoms. The highest BCUT2D eigenvalue weighted by molar-refractivity contribution is 8.00. The van der Waals surface area contributed by atoms with Gasteiger partial charge in [0.15, 0.2) is 0 Å². The number of nitrogens with zero attached hydrogens (tertiary/aromatic N) is 5. The summed E-state index contributed by atoms with van der Waals surface area (Å²) in [5, 5.41) is 42.0. The van der Waals surface area contributed by atoms with Crippen LogP contribution in [-0.2, 0) is 32.2 Å². The number of thioether (sulfide) groups is 1. The normalized spacial score (nSPS) is 20.5. The van der Waals surface area contributed by atoms with Gasteiger partial charge in [-0.3, -0.25) is 19.1 Å². The second kappa shape index (κ2) is 51.1. The van der Waals surface area contributed by atoms with Gasteiger partial charge in [-0.05, 0) is 200 Å². The van der Waals surface area contributed by atoms with Crippen LogP contribution in [0.5, 0.6) is 0 Å². The van der Waals surface area contributed by atoms with E-state index in [0.29, 0.717) is 160 Å². The first kappa shape index (κ1) is 117. The molecule has 7 rings (SSSR count). The van der Waals surface area contributed by atoms with Gasteiger partial charge >= 0.3 is 18.0 Å². The van der Waals surface area contributed by atoms with Crippen LogP contribution in [0.4, 0.5) is 4.79 Å². The maximum atomic E-state index is 11.8. The molecule has 0 spiro atoms. The zero-order valence-corrected chi connectivity index (χ0v) is 82.7. The molecular formula is C105H194N6O8S. The molecule has 1 aromatic carbocycles. The average molecular weight is 1700 g/mol. The lowest BCUT2D eigenvalue weighted by molar-refractivity contribution is -0.138. The van der Waals surface area contributed by atoms with Gasteiger partial charge in [0, 0.05) is 82.7 Å². The Balaban J connectivity index is 0. The minimum atomic E-state index is -0.910. The van der Waals surface area contributed by atoms with Crippen LogP contribution in [0, 0.1) is 102 Å². The molecule has 1 aliphatic heterocycles. The predicted molar refractivity (Wildman–Crippen MR) is 524 cm³/mol. The van der Waals surface area contributed by atoms with Crippen molar-refractivity contribution in [2.75, 3.05) is 38.6 Å². The van der Waals surface area contributed by atoms with E-state index in [-0.39, 0.29) is 52.8 Å². The monoisotopic (exact) mass is 1700 g/mol. The van der Waals surface area contributed by atoms with E-state index in [0.717, 1.165) is 56.5 Å². The topological polar surface area (TPSA) is 198 Å². The van der Waals surface area contributed by atoms with E-state index in [4.69, 9.17) is 10.5 Å². The molecule has 0 amide bonds. The van der Waals surface area contributed by atoms with E-state index in [1.165, 1.54) is 44.8 Å². The fraction of sp³-hybridized carbons (Fsp3) is 0.790. The van der Waals surface area contributed by atoms with Gasteiger partial charge in [-0.1, -0.05) is 342 Å². The standard InChI is InChI=1S/C27H45NO2S.C22H40N2O.C18H31NO2.C17H29NO2.C17H33NO.4CH4/c1-15(2)22-23(16(3)4)25(18(7)8)27(24(22)17(5)6,31-14-21(28)26(29)30)20-12-10-19(9)11-13-20;1-15(2)19-20(16(3)4)22(18(7)8)24(21(19)17(5)6)10-9-23-11-13-25-14-12-23;1-10(2)15-16(11(3)4)18(13(7)8)19(9-14(20)21)17(15)12(5)6;1-9(2)13-14(10(3)4)16(12(7)8)18(17(19)20)15(13)11(5)6;1-9(2)13-14(10(3)4)16(12(7)8)17(18-19)15(13)11(5)6;;;;/h10-13,15-18,21-25H,14,28H2,1-9H3,(H,29,30);15-18H,9-14H2,1-8H3;10-13H,9H2,1-8H3,(H,20,21);9-12H,1-8H3,(H,19,20);9-16,19H,1-8H3;4*1H4. The number of carbonyl (C=O) groups is 3. The van der Waals surface area contributed by atoms with Crippen molar-refractivity contribution in [3.8, 4) is 0 Å². The van der Waals surface area contributed by atoms with Crippen LogP contribution in [0.1, 0.15) is 456 Å². The van der Waals surface area contributed by atoms with Gasteiger partial charge in [0.25, 0.3) is 0 Å². The zero-order chi connectivity index (χ0) is 89.6. The summed E-state index contributed by atoms with van der Waals surface area (Å²) in [6.45, 7) is 99.0. The molecule has 698 valence electrons. The lowest BCUT2D eigenvalue weighted by Crippen LogP contribution is -2.43. The summed E-state index contributed by atoms with van der Waals surface area (Å²) < 4.78 is 11.7. The molecule has 6 N–H and O–H groups in total. The van der Waals surface area contributed by atoms with Crippen LogP contribution in [0.3, 0.4) is 0 Å². The minimum Gasteiger partial charge on any atom is -0.480 e. The van der Waals surface area contributed by atoms with Crippen molar-refractivity contribution < 1.29 is 39.6 Å². The number of benzene rings is 1. The number of rotatable bonds is 30. The number of morpholine rings is 1. The molecule has 14 nitrogen and oxygen atoms in total. The first-order valence-corrected chi connectivity index (χ1v) is 47.0. The Labute approximate surface area is 744 Å². The van der Waals surface area contributed by atoms with Crippen molar-refractivity contribution in [2.24, 2.45) is 106 Å². The van der Waals surface area contributed by atoms with Crippen molar-refractivity contribution in [1.82, 2.24) is 18.6 Å². The van der Waals surface area contributed by atoms with Crippen LogP contribution in [0.15, 0.2) is 29.4 Å². The van der Waals surface area contributed by atoms with E-state index in [1.807, 2.05) is 11.8 Å². The molecule has 3 aliphatic rings. The van der Waals surface area contributed by atoms with Crippen LogP contribution in [-0.4, -0.2) is 108 Å². The first-order valence-electron chi connectivity index (χ1n) is 46.0. The van der Waals surface area contributed by atoms with Crippen molar-refractivity contribution in [1.29, 1.82) is 0 Å². The fourth-order valence-electron chi connectivity index (χ4n) is 22.3. The number of ether oxygens (including phenoxy) is 1. The van der Waals surface area contributed by atoms with Crippen LogP contribution < -0.4 is 5.73 Å². The molecule has 3 aromatic heterocycles. The molecule has 3 fully saturated rings. The Morgan fingerprint density at radius 1 is 0.417 bits per heavy atom. The van der Waals surface area contributed by atoms with Crippen LogP contribution >= 0.6 is 11.8 Å². The minimum absolute atomic E-state index is 0. The van der Waals surface area contributed by atoms with E-state index in [1.54, 1.807) is 27.1 Å². The summed E-state index contributed by atoms with van der Waals surface area (Å²) in [4.78, 5) is 37.4. The molecular weight excluding hydrogens is 1510 g/mol. The maximum absolute atomic E-state index is 11.8. The molecule has 0 radical (unpaired) electrons. The Hall–Kier alpha value is -4.83. The summed E-state index contributed by atoms with van der Waals surface area (Å²) in [6, 6.07) is 8.20. The quantitative estimate of drug-likeness (QED) is 0.0246. The highest BCUT2D eigenvalue weighted by Crippen LogP contribution is 2.68. The predicted octanol–water partition coefficient (Wildman–Crippen LogP) is 29.8. The fourth-order valence-corrected chi connectivity index (χ4v) is 24.4. The third-order valence-electron chi connectivity index (χ3n) is 25.8. The summed E-state index contributed by atoms with van der Waals surface area (Å²) >= 11 is 1.84. The summed E-state index contributed by atoms with van der Waals surface area (Å²) in [7, 11) is 0. The molecule has 1 saturated heterocycles. The third-order valence-corrected chi connectivity index (χ3v) is 27.5. The number of nitrogens with two attached hydrogens (primary N) is 1. The SMILES string of the molecule is C.C.C.C.CC(C)C1C(=NO)C(C(C)C)C(C(C)C)C1C(C)C.CC(C)c1c(C(C)C)c(C(C)C)n(C(=O)O)c1C(C)C.CC(C)c1c(C(C)C)c(C(C)C)n(CC(=O)O)c1C(C)C.CC(C)c1c(C(C)C)c(C(C)C)n(CCN2CCOCC2)c1C(C)C.Cc1ccc(C2(SCC(N)C(=O)O)C(C(C)C)C(C(C)C)C(C(C)C)C2C(C)C)cc1. The first-order chi connectivity index (χ1) is 53.5. The molecule has 2 aliphatic carbocycles. The number of aliphatic carboxylic acids is 2. The average Bonchev–Trinajstić information content (AvgIpc) is 1.54. The van der Waals surface area contributed by atoms with E-state index < -0.39 is 24.1 Å². The lowest BCUT2D eigenvalue weighted by Gasteiger charge is -2.46. The summed E-state index contributed by atoms with van der Waals surface area (Å²) in [6.07, 6.45) is -0.855. The van der Waals surface area contributed by atoms with Crippen LogP contribution in [0.25, 0.3) is 0 Å². The van der Waals surface area contributed by atoms with Crippen molar-refractivity contribution in [3.05, 3.63) is 103 Å². The Bertz CT molecular complexity index is 3520. The van der Waals surface area contributed by atoms with E-state index in [9.17, 15) is 34.9 Å². The number of aromatic nitrogens is 3. The maximum Gasteiger partial charge on any atom is 0.415 e. The molecule has 0 bridgehead atoms. The Morgan fingerprint density at radius 2 is 0.708 bits per heavy atom.